The number of ether oxygens (including phenoxy) is 2. The lowest BCUT2D eigenvalue weighted by Crippen LogP contribution is -2.04. The van der Waals surface area contributed by atoms with Crippen molar-refractivity contribution >= 4 is 22.8 Å². The summed E-state index contributed by atoms with van der Waals surface area (Å²) < 4.78 is 15.6. The Balaban J connectivity index is 1.96. The third kappa shape index (κ3) is 2.96. The SMILES string of the molecule is COC(=O)Cc1ccc2oc(-c3ccc(OC)c(N)c3)nc2c1. The Morgan fingerprint density at radius 2 is 2.04 bits per heavy atom. The Morgan fingerprint density at radius 3 is 2.74 bits per heavy atom. The number of carbonyl (C=O) groups is 1. The van der Waals surface area contributed by atoms with Crippen LogP contribution in [0.25, 0.3) is 22.6 Å². The average molecular weight is 312 g/mol. The molecule has 0 aliphatic heterocycles. The molecule has 0 saturated carbocycles. The Bertz CT molecular complexity index is 870. The van der Waals surface area contributed by atoms with Gasteiger partial charge in [-0.2, -0.15) is 0 Å². The highest BCUT2D eigenvalue weighted by molar-refractivity contribution is 5.80. The summed E-state index contributed by atoms with van der Waals surface area (Å²) in [6.45, 7) is 0. The lowest BCUT2D eigenvalue weighted by Gasteiger charge is -2.04. The minimum Gasteiger partial charge on any atom is -0.495 e. The normalized spacial score (nSPS) is 10.7. The van der Waals surface area contributed by atoms with Gasteiger partial charge in [0.1, 0.15) is 11.3 Å². The summed E-state index contributed by atoms with van der Waals surface area (Å²) in [5.41, 5.74) is 9.32. The third-order valence-corrected chi connectivity index (χ3v) is 3.50. The van der Waals surface area contributed by atoms with E-state index in [0.717, 1.165) is 11.1 Å². The van der Waals surface area contributed by atoms with E-state index in [0.29, 0.717) is 28.4 Å². The van der Waals surface area contributed by atoms with Gasteiger partial charge in [-0.25, -0.2) is 4.98 Å². The third-order valence-electron chi connectivity index (χ3n) is 3.50. The maximum atomic E-state index is 11.4. The molecular weight excluding hydrogens is 296 g/mol. The lowest BCUT2D eigenvalue weighted by molar-refractivity contribution is -0.139. The molecule has 0 atom stereocenters. The van der Waals surface area contributed by atoms with Gasteiger partial charge in [0.05, 0.1) is 26.3 Å². The summed E-state index contributed by atoms with van der Waals surface area (Å²) in [6.07, 6.45) is 0.199. The van der Waals surface area contributed by atoms with Crippen molar-refractivity contribution in [2.45, 2.75) is 6.42 Å². The van der Waals surface area contributed by atoms with Crippen molar-refractivity contribution < 1.29 is 18.7 Å². The zero-order valence-electron chi connectivity index (χ0n) is 12.8. The first-order chi connectivity index (χ1) is 11.1. The van der Waals surface area contributed by atoms with Crippen LogP contribution in [0.15, 0.2) is 40.8 Å². The molecule has 0 radical (unpaired) electrons. The number of esters is 1. The number of hydrogen-bond donors (Lipinski definition) is 1. The van der Waals surface area contributed by atoms with E-state index in [4.69, 9.17) is 14.9 Å². The first-order valence-corrected chi connectivity index (χ1v) is 7.01. The van der Waals surface area contributed by atoms with Crippen molar-refractivity contribution in [1.29, 1.82) is 0 Å². The number of nitrogens with two attached hydrogens (primary N) is 1. The summed E-state index contributed by atoms with van der Waals surface area (Å²) in [5.74, 6) is 0.769. The predicted octanol–water partition coefficient (Wildman–Crippen LogP) is 2.80. The zero-order chi connectivity index (χ0) is 16.4. The summed E-state index contributed by atoms with van der Waals surface area (Å²) in [4.78, 5) is 15.8. The highest BCUT2D eigenvalue weighted by Crippen LogP contribution is 2.30. The Morgan fingerprint density at radius 1 is 1.22 bits per heavy atom. The monoisotopic (exact) mass is 312 g/mol. The molecule has 0 saturated heterocycles. The van der Waals surface area contributed by atoms with Crippen LogP contribution in [0.1, 0.15) is 5.56 Å². The number of rotatable bonds is 4. The van der Waals surface area contributed by atoms with E-state index in [2.05, 4.69) is 9.72 Å². The van der Waals surface area contributed by atoms with E-state index in [-0.39, 0.29) is 12.4 Å². The highest BCUT2D eigenvalue weighted by atomic mass is 16.5. The smallest absolute Gasteiger partial charge is 0.309 e. The zero-order valence-corrected chi connectivity index (χ0v) is 12.8. The quantitative estimate of drug-likeness (QED) is 0.589. The average Bonchev–Trinajstić information content (AvgIpc) is 2.97. The second-order valence-corrected chi connectivity index (χ2v) is 5.03. The number of carbonyl (C=O) groups excluding carboxylic acids is 1. The molecule has 0 aliphatic rings. The van der Waals surface area contributed by atoms with E-state index in [1.807, 2.05) is 18.2 Å². The van der Waals surface area contributed by atoms with E-state index in [1.165, 1.54) is 7.11 Å². The molecule has 3 aromatic rings. The first-order valence-electron chi connectivity index (χ1n) is 7.01. The van der Waals surface area contributed by atoms with Gasteiger partial charge in [-0.1, -0.05) is 6.07 Å². The fourth-order valence-electron chi connectivity index (χ4n) is 2.31. The molecule has 2 N–H and O–H groups in total. The van der Waals surface area contributed by atoms with Gasteiger partial charge in [-0.05, 0) is 35.9 Å². The Kier molecular flexibility index (Phi) is 3.89. The summed E-state index contributed by atoms with van der Waals surface area (Å²) >= 11 is 0. The molecule has 0 bridgehead atoms. The van der Waals surface area contributed by atoms with Crippen LogP contribution < -0.4 is 10.5 Å². The Labute approximate surface area is 132 Å². The van der Waals surface area contributed by atoms with Crippen LogP contribution in [0, 0.1) is 0 Å². The minimum atomic E-state index is -0.295. The fraction of sp³-hybridized carbons (Fsp3) is 0.176. The molecular formula is C17H16N2O4. The molecule has 0 unspecified atom stereocenters. The number of nitrogens with zero attached hydrogens (tertiary/aromatic N) is 1. The van der Waals surface area contributed by atoms with Gasteiger partial charge < -0.3 is 19.6 Å². The van der Waals surface area contributed by atoms with Gasteiger partial charge in [0, 0.05) is 5.56 Å². The molecule has 118 valence electrons. The van der Waals surface area contributed by atoms with Crippen LogP contribution in [0.3, 0.4) is 0 Å². The number of fused-ring (bicyclic) bond motifs is 1. The van der Waals surface area contributed by atoms with Crippen LogP contribution >= 0.6 is 0 Å². The van der Waals surface area contributed by atoms with Gasteiger partial charge in [0.2, 0.25) is 5.89 Å². The topological polar surface area (TPSA) is 87.6 Å². The number of hydrogen-bond acceptors (Lipinski definition) is 6. The van der Waals surface area contributed by atoms with Gasteiger partial charge in [-0.15, -0.1) is 0 Å². The Hall–Kier alpha value is -3.02. The van der Waals surface area contributed by atoms with Crippen molar-refractivity contribution in [3.63, 3.8) is 0 Å². The van der Waals surface area contributed by atoms with Crippen molar-refractivity contribution in [2.75, 3.05) is 20.0 Å². The first kappa shape index (κ1) is 14.9. The van der Waals surface area contributed by atoms with Crippen molar-refractivity contribution in [3.05, 3.63) is 42.0 Å². The standard InChI is InChI=1S/C17H16N2O4/c1-21-14-6-4-11(9-12(14)18)17-19-13-7-10(8-16(20)22-2)3-5-15(13)23-17/h3-7,9H,8,18H2,1-2H3. The van der Waals surface area contributed by atoms with E-state index in [9.17, 15) is 4.79 Å². The van der Waals surface area contributed by atoms with Gasteiger partial charge in [0.15, 0.2) is 5.58 Å². The van der Waals surface area contributed by atoms with Crippen LogP contribution in [0.4, 0.5) is 5.69 Å². The number of oxazole rings is 1. The number of aromatic nitrogens is 1. The molecule has 3 rings (SSSR count). The van der Waals surface area contributed by atoms with Crippen molar-refractivity contribution in [2.24, 2.45) is 0 Å². The maximum Gasteiger partial charge on any atom is 0.309 e. The molecule has 0 fully saturated rings. The highest BCUT2D eigenvalue weighted by Gasteiger charge is 2.12. The van der Waals surface area contributed by atoms with Crippen LogP contribution in [0.2, 0.25) is 0 Å². The lowest BCUT2D eigenvalue weighted by atomic mass is 10.1. The molecule has 0 amide bonds. The van der Waals surface area contributed by atoms with E-state index in [1.54, 1.807) is 25.3 Å². The number of methoxy groups -OCH3 is 2. The minimum absolute atomic E-state index is 0.199. The van der Waals surface area contributed by atoms with E-state index >= 15 is 0 Å². The second-order valence-electron chi connectivity index (χ2n) is 5.03. The molecule has 2 aromatic carbocycles. The molecule has 0 spiro atoms. The van der Waals surface area contributed by atoms with Crippen LogP contribution in [0.5, 0.6) is 5.75 Å². The second kappa shape index (κ2) is 6.00. The molecule has 6 heteroatoms. The van der Waals surface area contributed by atoms with Crippen molar-refractivity contribution in [1.82, 2.24) is 4.98 Å². The maximum absolute atomic E-state index is 11.4. The number of nitrogen functional groups attached to an aromatic ring is 1. The van der Waals surface area contributed by atoms with Crippen LogP contribution in [-0.2, 0) is 16.0 Å². The summed E-state index contributed by atoms with van der Waals surface area (Å²) in [6, 6.07) is 10.8. The van der Waals surface area contributed by atoms with Gasteiger partial charge >= 0.3 is 5.97 Å². The molecule has 1 aromatic heterocycles. The number of anilines is 1. The summed E-state index contributed by atoms with van der Waals surface area (Å²) in [5, 5.41) is 0. The van der Waals surface area contributed by atoms with Crippen LogP contribution in [-0.4, -0.2) is 25.2 Å². The van der Waals surface area contributed by atoms with Crippen molar-refractivity contribution in [3.8, 4) is 17.2 Å². The van der Waals surface area contributed by atoms with E-state index < -0.39 is 0 Å². The summed E-state index contributed by atoms with van der Waals surface area (Å²) in [7, 11) is 2.93. The molecule has 1 heterocycles. The fourth-order valence-corrected chi connectivity index (χ4v) is 2.31. The molecule has 0 aliphatic carbocycles. The van der Waals surface area contributed by atoms with Gasteiger partial charge in [-0.3, -0.25) is 4.79 Å². The van der Waals surface area contributed by atoms with Gasteiger partial charge in [0.25, 0.3) is 0 Å². The largest absolute Gasteiger partial charge is 0.495 e. The predicted molar refractivity (Wildman–Crippen MR) is 86.1 cm³/mol. The molecule has 23 heavy (non-hydrogen) atoms. The molecule has 6 nitrogen and oxygen atoms in total. The number of benzene rings is 2.